The molecule has 1 N–H and O–H groups in total. The highest BCUT2D eigenvalue weighted by atomic mass is 16.5. The van der Waals surface area contributed by atoms with E-state index < -0.39 is 0 Å². The normalized spacial score (nSPS) is 10.9. The summed E-state index contributed by atoms with van der Waals surface area (Å²) in [7, 11) is 1.36. The van der Waals surface area contributed by atoms with E-state index in [1.807, 2.05) is 47.0 Å². The van der Waals surface area contributed by atoms with Gasteiger partial charge in [-0.2, -0.15) is 5.10 Å². The molecule has 0 bridgehead atoms. The Morgan fingerprint density at radius 3 is 2.75 bits per heavy atom. The first-order valence-electron chi connectivity index (χ1n) is 7.43. The molecule has 0 aliphatic rings. The number of carbonyl (C=O) groups is 1. The van der Waals surface area contributed by atoms with Gasteiger partial charge in [0.2, 0.25) is 0 Å². The van der Waals surface area contributed by atoms with Crippen LogP contribution >= 0.6 is 0 Å². The Kier molecular flexibility index (Phi) is 3.35. The molecule has 4 aromatic rings. The lowest BCUT2D eigenvalue weighted by Gasteiger charge is -2.01. The highest BCUT2D eigenvalue weighted by molar-refractivity contribution is 5.93. The van der Waals surface area contributed by atoms with Crippen LogP contribution in [0.15, 0.2) is 60.9 Å². The molecule has 0 aliphatic heterocycles. The molecule has 2 aromatic heterocycles. The maximum atomic E-state index is 11.6. The van der Waals surface area contributed by atoms with E-state index in [9.17, 15) is 4.79 Å². The number of carbonyl (C=O) groups excluding carboxylic acids is 1. The summed E-state index contributed by atoms with van der Waals surface area (Å²) in [6, 6.07) is 17.2. The first kappa shape index (κ1) is 14.2. The SMILES string of the molecule is COC(=O)c1ccc2c(c1)ncn2-c1cc(-c2ccccc2)[nH]n1. The number of nitrogens with one attached hydrogen (secondary N) is 1. The van der Waals surface area contributed by atoms with E-state index in [0.29, 0.717) is 11.1 Å². The molecule has 0 saturated heterocycles. The summed E-state index contributed by atoms with van der Waals surface area (Å²) in [5, 5.41) is 7.41. The number of nitrogens with zero attached hydrogens (tertiary/aromatic N) is 3. The Balaban J connectivity index is 1.75. The quantitative estimate of drug-likeness (QED) is 0.589. The molecular weight excluding hydrogens is 304 g/mol. The molecule has 118 valence electrons. The van der Waals surface area contributed by atoms with Crippen LogP contribution in [0.5, 0.6) is 0 Å². The van der Waals surface area contributed by atoms with Crippen LogP contribution in [0.25, 0.3) is 28.1 Å². The van der Waals surface area contributed by atoms with Crippen molar-refractivity contribution in [3.05, 3.63) is 66.5 Å². The van der Waals surface area contributed by atoms with Gasteiger partial charge in [-0.05, 0) is 23.8 Å². The number of H-pyrrole nitrogens is 1. The number of esters is 1. The van der Waals surface area contributed by atoms with E-state index >= 15 is 0 Å². The minimum atomic E-state index is -0.377. The van der Waals surface area contributed by atoms with Gasteiger partial charge in [-0.15, -0.1) is 0 Å². The molecule has 2 heterocycles. The molecule has 0 aliphatic carbocycles. The minimum Gasteiger partial charge on any atom is -0.465 e. The van der Waals surface area contributed by atoms with Crippen molar-refractivity contribution >= 4 is 17.0 Å². The van der Waals surface area contributed by atoms with E-state index in [0.717, 1.165) is 22.6 Å². The molecule has 4 rings (SSSR count). The predicted molar refractivity (Wildman–Crippen MR) is 90.0 cm³/mol. The Morgan fingerprint density at radius 2 is 1.96 bits per heavy atom. The van der Waals surface area contributed by atoms with Crippen molar-refractivity contribution in [1.29, 1.82) is 0 Å². The molecule has 2 aromatic carbocycles. The lowest BCUT2D eigenvalue weighted by molar-refractivity contribution is 0.0601. The fourth-order valence-corrected chi connectivity index (χ4v) is 2.64. The average molecular weight is 318 g/mol. The number of hydrogen-bond donors (Lipinski definition) is 1. The summed E-state index contributed by atoms with van der Waals surface area (Å²) in [4.78, 5) is 16.0. The van der Waals surface area contributed by atoms with Gasteiger partial charge < -0.3 is 4.74 Å². The molecule has 6 heteroatoms. The van der Waals surface area contributed by atoms with Crippen LogP contribution in [0.4, 0.5) is 0 Å². The Labute approximate surface area is 137 Å². The maximum Gasteiger partial charge on any atom is 0.337 e. The van der Waals surface area contributed by atoms with Crippen molar-refractivity contribution in [3.8, 4) is 17.1 Å². The van der Waals surface area contributed by atoms with Gasteiger partial charge in [0.05, 0.1) is 29.4 Å². The van der Waals surface area contributed by atoms with E-state index in [2.05, 4.69) is 15.2 Å². The van der Waals surface area contributed by atoms with Gasteiger partial charge in [0.1, 0.15) is 6.33 Å². The van der Waals surface area contributed by atoms with Gasteiger partial charge >= 0.3 is 5.97 Å². The number of aromatic nitrogens is 4. The fourth-order valence-electron chi connectivity index (χ4n) is 2.64. The Bertz CT molecular complexity index is 1020. The molecule has 24 heavy (non-hydrogen) atoms. The van der Waals surface area contributed by atoms with Gasteiger partial charge in [0.25, 0.3) is 0 Å². The third-order valence-electron chi connectivity index (χ3n) is 3.86. The van der Waals surface area contributed by atoms with Gasteiger partial charge in [0, 0.05) is 6.07 Å². The second-order valence-corrected chi connectivity index (χ2v) is 5.32. The Hall–Kier alpha value is -3.41. The van der Waals surface area contributed by atoms with Gasteiger partial charge in [0.15, 0.2) is 5.82 Å². The van der Waals surface area contributed by atoms with Crippen LogP contribution < -0.4 is 0 Å². The largest absolute Gasteiger partial charge is 0.465 e. The zero-order chi connectivity index (χ0) is 16.5. The number of ether oxygens (including phenoxy) is 1. The van der Waals surface area contributed by atoms with Crippen LogP contribution in [0, 0.1) is 0 Å². The number of benzene rings is 2. The topological polar surface area (TPSA) is 72.8 Å². The summed E-state index contributed by atoms with van der Waals surface area (Å²) in [5.74, 6) is 0.361. The van der Waals surface area contributed by atoms with Crippen molar-refractivity contribution in [2.45, 2.75) is 0 Å². The monoisotopic (exact) mass is 318 g/mol. The molecule has 0 fully saturated rings. The van der Waals surface area contributed by atoms with Gasteiger partial charge in [-0.25, -0.2) is 9.78 Å². The summed E-state index contributed by atoms with van der Waals surface area (Å²) in [5.41, 5.74) is 4.05. The van der Waals surface area contributed by atoms with E-state index in [-0.39, 0.29) is 5.97 Å². The first-order chi connectivity index (χ1) is 11.8. The second kappa shape index (κ2) is 5.66. The van der Waals surface area contributed by atoms with Crippen molar-refractivity contribution in [1.82, 2.24) is 19.7 Å². The summed E-state index contributed by atoms with van der Waals surface area (Å²) >= 11 is 0. The van der Waals surface area contributed by atoms with Crippen molar-refractivity contribution in [2.24, 2.45) is 0 Å². The van der Waals surface area contributed by atoms with Crippen molar-refractivity contribution < 1.29 is 9.53 Å². The maximum absolute atomic E-state index is 11.6. The Morgan fingerprint density at radius 1 is 1.12 bits per heavy atom. The second-order valence-electron chi connectivity index (χ2n) is 5.32. The van der Waals surface area contributed by atoms with Crippen LogP contribution in [0.2, 0.25) is 0 Å². The van der Waals surface area contributed by atoms with Crippen LogP contribution in [-0.4, -0.2) is 32.8 Å². The van der Waals surface area contributed by atoms with Crippen molar-refractivity contribution in [2.75, 3.05) is 7.11 Å². The molecule has 6 nitrogen and oxygen atoms in total. The van der Waals surface area contributed by atoms with Gasteiger partial charge in [-0.1, -0.05) is 30.3 Å². The summed E-state index contributed by atoms with van der Waals surface area (Å²) in [6.07, 6.45) is 1.69. The van der Waals surface area contributed by atoms with Crippen molar-refractivity contribution in [3.63, 3.8) is 0 Å². The standard InChI is InChI=1S/C18H14N4O2/c1-24-18(23)13-7-8-16-15(9-13)19-11-22(16)17-10-14(20-21-17)12-5-3-2-4-6-12/h2-11H,1H3,(H,20,21). The number of aromatic amines is 1. The third kappa shape index (κ3) is 2.34. The molecule has 0 atom stereocenters. The summed E-state index contributed by atoms with van der Waals surface area (Å²) in [6.45, 7) is 0. The molecular formula is C18H14N4O2. The average Bonchev–Trinajstić information content (AvgIpc) is 3.28. The molecule has 0 spiro atoms. The molecule has 0 saturated carbocycles. The number of imidazole rings is 1. The number of methoxy groups -OCH3 is 1. The number of rotatable bonds is 3. The van der Waals surface area contributed by atoms with Crippen LogP contribution in [0.3, 0.4) is 0 Å². The lowest BCUT2D eigenvalue weighted by Crippen LogP contribution is -2.00. The number of hydrogen-bond acceptors (Lipinski definition) is 4. The highest BCUT2D eigenvalue weighted by Gasteiger charge is 2.12. The lowest BCUT2D eigenvalue weighted by atomic mass is 10.1. The summed E-state index contributed by atoms with van der Waals surface area (Å²) < 4.78 is 6.61. The zero-order valence-electron chi connectivity index (χ0n) is 12.9. The minimum absolute atomic E-state index is 0.377. The van der Waals surface area contributed by atoms with Crippen LogP contribution in [0.1, 0.15) is 10.4 Å². The van der Waals surface area contributed by atoms with E-state index in [4.69, 9.17) is 4.74 Å². The predicted octanol–water partition coefficient (Wildman–Crippen LogP) is 3.20. The van der Waals surface area contributed by atoms with E-state index in [1.165, 1.54) is 7.11 Å². The van der Waals surface area contributed by atoms with Gasteiger partial charge in [-0.3, -0.25) is 9.67 Å². The first-order valence-corrected chi connectivity index (χ1v) is 7.43. The number of fused-ring (bicyclic) bond motifs is 1. The smallest absolute Gasteiger partial charge is 0.337 e. The van der Waals surface area contributed by atoms with Crippen LogP contribution in [-0.2, 0) is 4.74 Å². The van der Waals surface area contributed by atoms with E-state index in [1.54, 1.807) is 18.5 Å². The third-order valence-corrected chi connectivity index (χ3v) is 3.86. The highest BCUT2D eigenvalue weighted by Crippen LogP contribution is 2.22. The fraction of sp³-hybridized carbons (Fsp3) is 0.0556. The molecule has 0 radical (unpaired) electrons. The molecule has 0 unspecified atom stereocenters. The molecule has 0 amide bonds. The zero-order valence-corrected chi connectivity index (χ0v) is 12.9.